The summed E-state index contributed by atoms with van der Waals surface area (Å²) in [7, 11) is 4.49. The predicted octanol–water partition coefficient (Wildman–Crippen LogP) is 8.56. The van der Waals surface area contributed by atoms with E-state index in [-0.39, 0.29) is 30.2 Å². The van der Waals surface area contributed by atoms with E-state index in [9.17, 15) is 23.2 Å². The molecule has 3 aliphatic rings. The third-order valence-corrected chi connectivity index (χ3v) is 14.5. The predicted molar refractivity (Wildman–Crippen MR) is 243 cm³/mol. The number of likely N-dealkylation sites (tertiary alicyclic amines) is 1. The van der Waals surface area contributed by atoms with Crippen molar-refractivity contribution >= 4 is 44.9 Å². The van der Waals surface area contributed by atoms with E-state index in [0.29, 0.717) is 75.8 Å². The van der Waals surface area contributed by atoms with Gasteiger partial charge >= 0.3 is 5.69 Å². The van der Waals surface area contributed by atoms with Crippen LogP contribution in [-0.2, 0) is 6.54 Å². The average Bonchev–Trinajstić information content (AvgIpc) is 3.76. The van der Waals surface area contributed by atoms with Gasteiger partial charge in [-0.25, -0.2) is 13.6 Å². The molecule has 4 aromatic carbocycles. The summed E-state index contributed by atoms with van der Waals surface area (Å²) < 4.78 is 54.7. The maximum atomic E-state index is 14.9. The van der Waals surface area contributed by atoms with Crippen molar-refractivity contribution in [2.75, 3.05) is 52.5 Å². The lowest BCUT2D eigenvalue weighted by Crippen LogP contribution is -2.46. The second kappa shape index (κ2) is 17.7. The molecule has 326 valence electrons. The van der Waals surface area contributed by atoms with Crippen LogP contribution in [0.15, 0.2) is 93.4 Å². The van der Waals surface area contributed by atoms with E-state index < -0.39 is 28.9 Å². The number of thiophene rings is 1. The second-order valence-electron chi connectivity index (χ2n) is 15.8. The van der Waals surface area contributed by atoms with Gasteiger partial charge in [0.25, 0.3) is 11.5 Å². The van der Waals surface area contributed by atoms with Crippen LogP contribution in [0.4, 0.5) is 8.78 Å². The number of carbonyl (C=O) groups excluding carboxylic acids is 1. The fourth-order valence-electron chi connectivity index (χ4n) is 9.07. The number of halogens is 2. The second-order valence-corrected chi connectivity index (χ2v) is 18.0. The van der Waals surface area contributed by atoms with Crippen molar-refractivity contribution in [2.45, 2.75) is 50.7 Å². The van der Waals surface area contributed by atoms with E-state index in [4.69, 9.17) is 23.9 Å². The Balaban J connectivity index is 0.990. The molecule has 2 aromatic heterocycles. The molecule has 0 spiro atoms. The smallest absolute Gasteiger partial charge is 0.332 e. The summed E-state index contributed by atoms with van der Waals surface area (Å²) in [5, 5.41) is 0. The number of aliphatic imine (C=N–C) groups is 1. The first-order chi connectivity index (χ1) is 30.6. The van der Waals surface area contributed by atoms with Crippen LogP contribution >= 0.6 is 23.1 Å². The molecule has 2 fully saturated rings. The fourth-order valence-corrected chi connectivity index (χ4v) is 11.4. The lowest BCUT2D eigenvalue weighted by Gasteiger charge is -2.35. The standard InChI is InChI=1S/C48H46F2N4O7S2/c1-5-61-42-22-32-33(23-41(42)60-4)44(51-37-16-19-62-26-35(32)37)28-7-9-29(10-8-28)46(55)52-17-14-31(15-18-52)54-47(56)45-38(24-43(63-45)34-21-30(49)11-13-39(34)58-2)53(48(54)57)25-27-6-12-40(59-3)36(50)20-27/h6-13,20-24,31,35,37H,5,14-19,25-26H2,1-4H3/t35-,37-/m1/s1. The van der Waals surface area contributed by atoms with Crippen molar-refractivity contribution in [2.24, 2.45) is 4.99 Å². The quantitative estimate of drug-likeness (QED) is 0.127. The Morgan fingerprint density at radius 2 is 1.57 bits per heavy atom. The van der Waals surface area contributed by atoms with Crippen LogP contribution < -0.4 is 30.2 Å². The topological polar surface area (TPSA) is 114 Å². The first kappa shape index (κ1) is 42.4. The highest BCUT2D eigenvalue weighted by Crippen LogP contribution is 2.44. The molecule has 0 radical (unpaired) electrons. The molecule has 0 bridgehead atoms. The zero-order valence-corrected chi connectivity index (χ0v) is 37.0. The summed E-state index contributed by atoms with van der Waals surface area (Å²) in [4.78, 5) is 50.4. The molecule has 11 nitrogen and oxygen atoms in total. The number of carbonyl (C=O) groups is 1. The van der Waals surface area contributed by atoms with Gasteiger partial charge in [-0.15, -0.1) is 11.3 Å². The van der Waals surface area contributed by atoms with Crippen molar-refractivity contribution in [1.29, 1.82) is 0 Å². The maximum Gasteiger partial charge on any atom is 0.332 e. The normalized spacial score (nSPS) is 17.5. The highest BCUT2D eigenvalue weighted by molar-refractivity contribution is 7.99. The highest BCUT2D eigenvalue weighted by Gasteiger charge is 2.35. The number of hydrogen-bond acceptors (Lipinski definition) is 10. The number of hydrogen-bond donors (Lipinski definition) is 0. The van der Waals surface area contributed by atoms with Gasteiger partial charge < -0.3 is 23.8 Å². The van der Waals surface area contributed by atoms with Crippen LogP contribution in [0.3, 0.4) is 0 Å². The summed E-state index contributed by atoms with van der Waals surface area (Å²) in [6.07, 6.45) is 1.70. The van der Waals surface area contributed by atoms with Crippen LogP contribution in [-0.4, -0.2) is 84.2 Å². The van der Waals surface area contributed by atoms with Crippen molar-refractivity contribution in [3.05, 3.63) is 139 Å². The van der Waals surface area contributed by atoms with Crippen LogP contribution in [0.1, 0.15) is 70.8 Å². The number of piperidine rings is 1. The lowest BCUT2D eigenvalue weighted by molar-refractivity contribution is 0.0691. The Kier molecular flexibility index (Phi) is 11.9. The van der Waals surface area contributed by atoms with E-state index in [1.165, 1.54) is 59.2 Å². The van der Waals surface area contributed by atoms with E-state index in [1.807, 2.05) is 49.0 Å². The molecule has 63 heavy (non-hydrogen) atoms. The number of benzene rings is 4. The molecule has 9 rings (SSSR count). The molecule has 5 heterocycles. The number of ether oxygens (including phenoxy) is 4. The summed E-state index contributed by atoms with van der Waals surface area (Å²) in [5.41, 5.74) is 4.75. The van der Waals surface area contributed by atoms with Gasteiger partial charge in [0.05, 0.1) is 51.8 Å². The number of thioether (sulfide) groups is 1. The van der Waals surface area contributed by atoms with Gasteiger partial charge in [0.15, 0.2) is 23.1 Å². The summed E-state index contributed by atoms with van der Waals surface area (Å²) in [5.74, 6) is 2.95. The van der Waals surface area contributed by atoms with E-state index in [2.05, 4.69) is 6.07 Å². The van der Waals surface area contributed by atoms with Crippen LogP contribution in [0.5, 0.6) is 23.0 Å². The van der Waals surface area contributed by atoms with Crippen LogP contribution in [0.2, 0.25) is 0 Å². The summed E-state index contributed by atoms with van der Waals surface area (Å²) in [6.45, 7) is 3.08. The minimum absolute atomic E-state index is 0.0412. The zero-order valence-electron chi connectivity index (χ0n) is 35.3. The van der Waals surface area contributed by atoms with Gasteiger partial charge in [-0.1, -0.05) is 18.2 Å². The molecule has 6 aromatic rings. The number of amides is 1. The number of fused-ring (bicyclic) bond motifs is 4. The Morgan fingerprint density at radius 3 is 2.29 bits per heavy atom. The largest absolute Gasteiger partial charge is 0.496 e. The Morgan fingerprint density at radius 1 is 0.825 bits per heavy atom. The van der Waals surface area contributed by atoms with Gasteiger partial charge in [-0.3, -0.25) is 23.7 Å². The van der Waals surface area contributed by atoms with Gasteiger partial charge in [0, 0.05) is 57.9 Å². The molecular weight excluding hydrogens is 847 g/mol. The number of aromatic nitrogens is 2. The Hall–Kier alpha value is -5.93. The molecule has 15 heteroatoms. The molecule has 3 aliphatic heterocycles. The van der Waals surface area contributed by atoms with Gasteiger partial charge in [-0.05, 0) is 104 Å². The molecule has 0 aliphatic carbocycles. The van der Waals surface area contributed by atoms with Gasteiger partial charge in [0.2, 0.25) is 0 Å². The maximum absolute atomic E-state index is 14.9. The number of nitrogens with zero attached hydrogens (tertiary/aromatic N) is 4. The van der Waals surface area contributed by atoms with Crippen LogP contribution in [0, 0.1) is 11.6 Å². The first-order valence-corrected chi connectivity index (χ1v) is 22.9. The van der Waals surface area contributed by atoms with Gasteiger partial charge in [-0.2, -0.15) is 11.8 Å². The summed E-state index contributed by atoms with van der Waals surface area (Å²) in [6, 6.07) is 21.6. The highest BCUT2D eigenvalue weighted by atomic mass is 32.2. The third kappa shape index (κ3) is 7.90. The van der Waals surface area contributed by atoms with E-state index >= 15 is 0 Å². The van der Waals surface area contributed by atoms with Crippen molar-refractivity contribution in [3.8, 4) is 33.4 Å². The first-order valence-electron chi connectivity index (χ1n) is 21.0. The molecule has 0 N–H and O–H groups in total. The zero-order chi connectivity index (χ0) is 43.9. The Bertz CT molecular complexity index is 2880. The van der Waals surface area contributed by atoms with Crippen molar-refractivity contribution < 1.29 is 32.5 Å². The van der Waals surface area contributed by atoms with Crippen molar-refractivity contribution in [3.63, 3.8) is 0 Å². The third-order valence-electron chi connectivity index (χ3n) is 12.3. The summed E-state index contributed by atoms with van der Waals surface area (Å²) >= 11 is 3.08. The SMILES string of the molecule is CCOc1cc2c(cc1OC)C(c1ccc(C(=O)N3CCC(n4c(=O)c5sc(-c6cc(F)ccc6OC)cc5n(Cc5ccc(OC)c(F)c5)c4=O)CC3)cc1)=N[C@@H]1CCSC[C@H]21. The van der Waals surface area contributed by atoms with E-state index in [1.54, 1.807) is 24.1 Å². The molecule has 1 amide bonds. The molecule has 0 unspecified atom stereocenters. The fraction of sp³-hybridized carbons (Fsp3) is 0.333. The Labute approximate surface area is 370 Å². The monoisotopic (exact) mass is 892 g/mol. The van der Waals surface area contributed by atoms with E-state index in [0.717, 1.165) is 51.9 Å². The molecule has 2 saturated heterocycles. The number of rotatable bonds is 11. The lowest BCUT2D eigenvalue weighted by atomic mass is 9.81. The minimum Gasteiger partial charge on any atom is -0.496 e. The van der Waals surface area contributed by atoms with Crippen molar-refractivity contribution in [1.82, 2.24) is 14.0 Å². The average molecular weight is 893 g/mol. The van der Waals surface area contributed by atoms with Crippen LogP contribution in [0.25, 0.3) is 20.7 Å². The number of methoxy groups -OCH3 is 3. The molecule has 0 saturated carbocycles. The molecular formula is C48H46F2N4O7S2. The van der Waals surface area contributed by atoms with Gasteiger partial charge in [0.1, 0.15) is 16.3 Å². The minimum atomic E-state index is -0.586. The molecule has 2 atom stereocenters.